The Labute approximate surface area is 141 Å². The SMILES string of the molecule is Cc1[nH]c(C=C2NC=CN=C2C2C=NNC2=O)c(C)c1CN(C)C. The third-order valence-electron chi connectivity index (χ3n) is 4.17. The largest absolute Gasteiger partial charge is 0.359 e. The second kappa shape index (κ2) is 6.45. The third kappa shape index (κ3) is 3.03. The summed E-state index contributed by atoms with van der Waals surface area (Å²) in [5.41, 5.74) is 8.58. The van der Waals surface area contributed by atoms with Crippen LogP contribution in [0.5, 0.6) is 0 Å². The minimum atomic E-state index is -0.466. The summed E-state index contributed by atoms with van der Waals surface area (Å²) in [6.07, 6.45) is 6.99. The molecule has 1 aromatic heterocycles. The van der Waals surface area contributed by atoms with Gasteiger partial charge < -0.3 is 15.2 Å². The molecule has 0 fully saturated rings. The van der Waals surface area contributed by atoms with Crippen LogP contribution in [0.1, 0.15) is 22.5 Å². The highest BCUT2D eigenvalue weighted by Gasteiger charge is 2.29. The number of hydrazone groups is 1. The molecule has 3 rings (SSSR count). The average molecular weight is 326 g/mol. The zero-order chi connectivity index (χ0) is 17.3. The van der Waals surface area contributed by atoms with Crippen LogP contribution in [0, 0.1) is 19.8 Å². The van der Waals surface area contributed by atoms with Crippen molar-refractivity contribution in [3.05, 3.63) is 40.6 Å². The normalized spacial score (nSPS) is 21.4. The van der Waals surface area contributed by atoms with Crippen LogP contribution in [-0.4, -0.2) is 41.8 Å². The van der Waals surface area contributed by atoms with E-state index in [1.165, 1.54) is 11.1 Å². The highest BCUT2D eigenvalue weighted by atomic mass is 16.2. The molecule has 3 N–H and O–H groups in total. The van der Waals surface area contributed by atoms with Crippen molar-refractivity contribution in [1.29, 1.82) is 0 Å². The van der Waals surface area contributed by atoms with Crippen molar-refractivity contribution in [2.75, 3.05) is 14.1 Å². The molecule has 7 nitrogen and oxygen atoms in total. The lowest BCUT2D eigenvalue weighted by Crippen LogP contribution is -2.32. The molecule has 0 saturated heterocycles. The predicted molar refractivity (Wildman–Crippen MR) is 95.5 cm³/mol. The first-order chi connectivity index (χ1) is 11.5. The first-order valence-electron chi connectivity index (χ1n) is 7.84. The summed E-state index contributed by atoms with van der Waals surface area (Å²) in [5.74, 6) is -0.629. The number of nitrogens with one attached hydrogen (secondary N) is 3. The average Bonchev–Trinajstić information content (AvgIpc) is 3.07. The Hall–Kier alpha value is -2.67. The molecule has 0 bridgehead atoms. The Morgan fingerprint density at radius 2 is 2.12 bits per heavy atom. The van der Waals surface area contributed by atoms with Gasteiger partial charge >= 0.3 is 0 Å². The summed E-state index contributed by atoms with van der Waals surface area (Å²) in [6, 6.07) is 0. The molecule has 1 aromatic rings. The monoisotopic (exact) mass is 326 g/mol. The minimum Gasteiger partial charge on any atom is -0.359 e. The lowest BCUT2D eigenvalue weighted by Gasteiger charge is -2.16. The molecule has 0 aromatic carbocycles. The Morgan fingerprint density at radius 3 is 2.79 bits per heavy atom. The molecule has 7 heteroatoms. The Bertz CT molecular complexity index is 781. The minimum absolute atomic E-state index is 0.163. The number of carbonyl (C=O) groups excluding carboxylic acids is 1. The van der Waals surface area contributed by atoms with Gasteiger partial charge in [-0.25, -0.2) is 5.43 Å². The van der Waals surface area contributed by atoms with Crippen LogP contribution in [0.2, 0.25) is 0 Å². The van der Waals surface area contributed by atoms with Gasteiger partial charge in [0.25, 0.3) is 5.91 Å². The van der Waals surface area contributed by atoms with Gasteiger partial charge in [-0.3, -0.25) is 9.79 Å². The van der Waals surface area contributed by atoms with Crippen molar-refractivity contribution in [1.82, 2.24) is 20.6 Å². The summed E-state index contributed by atoms with van der Waals surface area (Å²) >= 11 is 0. The highest BCUT2D eigenvalue weighted by Crippen LogP contribution is 2.23. The number of carbonyl (C=O) groups is 1. The lowest BCUT2D eigenvalue weighted by atomic mass is 9.99. The quantitative estimate of drug-likeness (QED) is 0.779. The fraction of sp³-hybridized carbons (Fsp3) is 0.353. The number of aryl methyl sites for hydroxylation is 1. The number of rotatable bonds is 4. The molecule has 3 heterocycles. The van der Waals surface area contributed by atoms with Crippen LogP contribution >= 0.6 is 0 Å². The van der Waals surface area contributed by atoms with E-state index in [1.54, 1.807) is 18.6 Å². The van der Waals surface area contributed by atoms with E-state index in [9.17, 15) is 4.79 Å². The van der Waals surface area contributed by atoms with E-state index in [0.29, 0.717) is 5.71 Å². The van der Waals surface area contributed by atoms with E-state index < -0.39 is 5.92 Å². The molecule has 0 aliphatic carbocycles. The molecule has 24 heavy (non-hydrogen) atoms. The number of hydrogen-bond donors (Lipinski definition) is 3. The van der Waals surface area contributed by atoms with Crippen molar-refractivity contribution < 1.29 is 4.79 Å². The van der Waals surface area contributed by atoms with Crippen molar-refractivity contribution in [2.24, 2.45) is 16.0 Å². The third-order valence-corrected chi connectivity index (χ3v) is 4.17. The van der Waals surface area contributed by atoms with Gasteiger partial charge in [0.1, 0.15) is 5.92 Å². The van der Waals surface area contributed by atoms with Crippen molar-refractivity contribution in [2.45, 2.75) is 20.4 Å². The molecule has 1 unspecified atom stereocenters. The standard InChI is InChI=1S/C17H22N6O/c1-10-13(9-23(3)4)11(2)21-14(10)7-15-16(19-6-5-18-15)12-8-20-22-17(12)24/h5-8,12,18,21H,9H2,1-4H3,(H,22,24). The summed E-state index contributed by atoms with van der Waals surface area (Å²) < 4.78 is 0. The highest BCUT2D eigenvalue weighted by molar-refractivity contribution is 6.24. The number of amides is 1. The summed E-state index contributed by atoms with van der Waals surface area (Å²) in [5, 5.41) is 7.02. The second-order valence-corrected chi connectivity index (χ2v) is 6.27. The molecular weight excluding hydrogens is 304 g/mol. The van der Waals surface area contributed by atoms with Crippen molar-refractivity contribution >= 4 is 23.9 Å². The number of aromatic nitrogens is 1. The summed E-state index contributed by atoms with van der Waals surface area (Å²) in [6.45, 7) is 5.06. The molecule has 0 radical (unpaired) electrons. The van der Waals surface area contributed by atoms with Crippen LogP contribution in [-0.2, 0) is 11.3 Å². The van der Waals surface area contributed by atoms with Crippen LogP contribution in [0.4, 0.5) is 0 Å². The Kier molecular flexibility index (Phi) is 4.35. The number of H-pyrrole nitrogens is 1. The maximum Gasteiger partial charge on any atom is 0.254 e. The maximum absolute atomic E-state index is 11.9. The van der Waals surface area contributed by atoms with E-state index >= 15 is 0 Å². The molecule has 1 amide bonds. The molecule has 2 aliphatic rings. The molecule has 126 valence electrons. The lowest BCUT2D eigenvalue weighted by molar-refractivity contribution is -0.120. The first kappa shape index (κ1) is 16.2. The van der Waals surface area contributed by atoms with Gasteiger partial charge in [-0.2, -0.15) is 5.10 Å². The summed E-state index contributed by atoms with van der Waals surface area (Å²) in [4.78, 5) is 21.9. The van der Waals surface area contributed by atoms with Gasteiger partial charge in [0.15, 0.2) is 0 Å². The van der Waals surface area contributed by atoms with E-state index in [1.807, 2.05) is 6.08 Å². The fourth-order valence-corrected chi connectivity index (χ4v) is 2.92. The molecule has 0 saturated carbocycles. The van der Waals surface area contributed by atoms with E-state index in [4.69, 9.17) is 0 Å². The zero-order valence-electron chi connectivity index (χ0n) is 14.3. The van der Waals surface area contributed by atoms with Crippen LogP contribution < -0.4 is 10.7 Å². The number of aliphatic imine (C=N–C) groups is 1. The second-order valence-electron chi connectivity index (χ2n) is 6.27. The Morgan fingerprint density at radius 1 is 1.33 bits per heavy atom. The molecule has 1 atom stereocenters. The van der Waals surface area contributed by atoms with Crippen molar-refractivity contribution in [3.63, 3.8) is 0 Å². The van der Waals surface area contributed by atoms with Crippen LogP contribution in [0.3, 0.4) is 0 Å². The molecular formula is C17H22N6O. The Balaban J connectivity index is 1.96. The summed E-state index contributed by atoms with van der Waals surface area (Å²) in [7, 11) is 4.11. The van der Waals surface area contributed by atoms with E-state index in [-0.39, 0.29) is 5.91 Å². The van der Waals surface area contributed by atoms with Gasteiger partial charge in [0.2, 0.25) is 0 Å². The number of nitrogens with zero attached hydrogens (tertiary/aromatic N) is 3. The van der Waals surface area contributed by atoms with Crippen molar-refractivity contribution in [3.8, 4) is 0 Å². The van der Waals surface area contributed by atoms with E-state index in [2.05, 4.69) is 58.7 Å². The predicted octanol–water partition coefficient (Wildman–Crippen LogP) is 1.28. The van der Waals surface area contributed by atoms with Gasteiger partial charge in [0, 0.05) is 36.5 Å². The zero-order valence-corrected chi connectivity index (χ0v) is 14.3. The number of hydrogen-bond acceptors (Lipinski definition) is 5. The van der Waals surface area contributed by atoms with Crippen LogP contribution in [0.15, 0.2) is 28.2 Å². The van der Waals surface area contributed by atoms with E-state index in [0.717, 1.165) is 23.6 Å². The van der Waals surface area contributed by atoms with Gasteiger partial charge in [-0.05, 0) is 45.1 Å². The topological polar surface area (TPSA) is 84.9 Å². The van der Waals surface area contributed by atoms with Gasteiger partial charge in [-0.15, -0.1) is 0 Å². The fourth-order valence-electron chi connectivity index (χ4n) is 2.92. The number of allylic oxidation sites excluding steroid dienone is 1. The number of aromatic amines is 1. The smallest absolute Gasteiger partial charge is 0.254 e. The first-order valence-corrected chi connectivity index (χ1v) is 7.84. The van der Waals surface area contributed by atoms with Gasteiger partial charge in [-0.1, -0.05) is 0 Å². The molecule has 2 aliphatic heterocycles. The maximum atomic E-state index is 11.9. The van der Waals surface area contributed by atoms with Crippen LogP contribution in [0.25, 0.3) is 6.08 Å². The molecule has 0 spiro atoms. The van der Waals surface area contributed by atoms with Gasteiger partial charge in [0.05, 0.1) is 11.4 Å².